The van der Waals surface area contributed by atoms with Crippen molar-refractivity contribution in [3.63, 3.8) is 0 Å². The van der Waals surface area contributed by atoms with Crippen LogP contribution >= 0.6 is 12.4 Å². The zero-order chi connectivity index (χ0) is 16.2. The molecule has 2 atom stereocenters. The maximum absolute atomic E-state index is 12.2. The molecule has 0 bridgehead atoms. The summed E-state index contributed by atoms with van der Waals surface area (Å²) < 4.78 is 36.7. The van der Waals surface area contributed by atoms with Gasteiger partial charge in [-0.1, -0.05) is 18.6 Å². The Morgan fingerprint density at radius 1 is 1.30 bits per heavy atom. The van der Waals surface area contributed by atoms with E-state index in [1.807, 2.05) is 0 Å². The van der Waals surface area contributed by atoms with Crippen LogP contribution in [0, 0.1) is 5.92 Å². The smallest absolute Gasteiger partial charge is 0.328 e. The van der Waals surface area contributed by atoms with Crippen LogP contribution in [0.2, 0.25) is 0 Å². The van der Waals surface area contributed by atoms with E-state index >= 15 is 0 Å². The molecule has 1 aliphatic rings. The van der Waals surface area contributed by atoms with E-state index in [4.69, 9.17) is 5.73 Å². The molecule has 1 fully saturated rings. The van der Waals surface area contributed by atoms with Gasteiger partial charge in [-0.2, -0.15) is 13.2 Å². The van der Waals surface area contributed by atoms with Crippen LogP contribution in [0.3, 0.4) is 0 Å². The lowest BCUT2D eigenvalue weighted by Gasteiger charge is -2.25. The second-order valence-electron chi connectivity index (χ2n) is 5.93. The molecular weight excluding hydrogens is 329 g/mol. The largest absolute Gasteiger partial charge is 0.389 e. The Kier molecular flexibility index (Phi) is 7.35. The first-order valence-corrected chi connectivity index (χ1v) is 7.55. The first kappa shape index (κ1) is 19.8. The van der Waals surface area contributed by atoms with Gasteiger partial charge in [0.15, 0.2) is 0 Å². The fourth-order valence-corrected chi connectivity index (χ4v) is 2.80. The summed E-state index contributed by atoms with van der Waals surface area (Å²) in [6.45, 7) is 0. The number of nitrogens with one attached hydrogen (secondary N) is 1. The molecule has 1 aliphatic carbocycles. The molecule has 130 valence electrons. The van der Waals surface area contributed by atoms with Gasteiger partial charge >= 0.3 is 6.18 Å². The fraction of sp³-hybridized carbons (Fsp3) is 0.562. The third kappa shape index (κ3) is 6.79. The van der Waals surface area contributed by atoms with Gasteiger partial charge in [0.25, 0.3) is 0 Å². The maximum Gasteiger partial charge on any atom is 0.389 e. The van der Waals surface area contributed by atoms with E-state index in [-0.39, 0.29) is 36.7 Å². The topological polar surface area (TPSA) is 55.1 Å². The number of anilines is 1. The molecule has 0 saturated heterocycles. The molecule has 1 aromatic carbocycles. The third-order valence-corrected chi connectivity index (χ3v) is 3.98. The van der Waals surface area contributed by atoms with Crippen molar-refractivity contribution in [3.05, 3.63) is 29.8 Å². The number of nitrogens with two attached hydrogens (primary N) is 1. The van der Waals surface area contributed by atoms with E-state index in [1.165, 1.54) is 0 Å². The zero-order valence-corrected chi connectivity index (χ0v) is 13.6. The molecule has 0 aromatic heterocycles. The van der Waals surface area contributed by atoms with Crippen molar-refractivity contribution >= 4 is 24.0 Å². The monoisotopic (exact) mass is 350 g/mol. The van der Waals surface area contributed by atoms with Crippen molar-refractivity contribution in [3.8, 4) is 0 Å². The first-order valence-electron chi connectivity index (χ1n) is 7.55. The summed E-state index contributed by atoms with van der Waals surface area (Å²) in [5, 5.41) is 2.79. The standard InChI is InChI=1S/C16H21F3N2O.ClH/c17-16(18,19)8-7-11-3-1-6-14(9-11)21-15(22)12-4-2-5-13(20)10-12;/h1,3,6,9,12-13H,2,4-5,7-8,10,20H2,(H,21,22);1H. The minimum absolute atomic E-state index is 0. The minimum atomic E-state index is -4.17. The summed E-state index contributed by atoms with van der Waals surface area (Å²) in [5.41, 5.74) is 6.98. The Hall–Kier alpha value is -1.27. The average molecular weight is 351 g/mol. The number of amides is 1. The van der Waals surface area contributed by atoms with Crippen LogP contribution in [0.25, 0.3) is 0 Å². The highest BCUT2D eigenvalue weighted by Crippen LogP contribution is 2.26. The van der Waals surface area contributed by atoms with Crippen LogP contribution < -0.4 is 11.1 Å². The molecule has 0 spiro atoms. The Bertz CT molecular complexity index is 522. The van der Waals surface area contributed by atoms with Crippen LogP contribution in [-0.2, 0) is 11.2 Å². The molecule has 0 aliphatic heterocycles. The molecule has 0 radical (unpaired) electrons. The van der Waals surface area contributed by atoms with Crippen molar-refractivity contribution in [1.29, 1.82) is 0 Å². The lowest BCUT2D eigenvalue weighted by molar-refractivity contribution is -0.134. The van der Waals surface area contributed by atoms with E-state index in [0.717, 1.165) is 19.3 Å². The van der Waals surface area contributed by atoms with Gasteiger partial charge in [-0.3, -0.25) is 4.79 Å². The molecule has 1 amide bonds. The van der Waals surface area contributed by atoms with E-state index in [0.29, 0.717) is 17.7 Å². The first-order chi connectivity index (χ1) is 10.3. The molecule has 3 N–H and O–H groups in total. The predicted octanol–water partition coefficient (Wildman–Crippen LogP) is 4.06. The van der Waals surface area contributed by atoms with Gasteiger partial charge in [0.1, 0.15) is 0 Å². The summed E-state index contributed by atoms with van der Waals surface area (Å²) >= 11 is 0. The third-order valence-electron chi connectivity index (χ3n) is 3.98. The number of hydrogen-bond donors (Lipinski definition) is 2. The fourth-order valence-electron chi connectivity index (χ4n) is 2.80. The summed E-state index contributed by atoms with van der Waals surface area (Å²) in [6.07, 6.45) is -1.75. The zero-order valence-electron chi connectivity index (χ0n) is 12.7. The van der Waals surface area contributed by atoms with Crippen LogP contribution in [0.1, 0.15) is 37.7 Å². The van der Waals surface area contributed by atoms with Crippen LogP contribution in [0.5, 0.6) is 0 Å². The molecule has 7 heteroatoms. The van der Waals surface area contributed by atoms with Crippen LogP contribution in [0.15, 0.2) is 24.3 Å². The lowest BCUT2D eigenvalue weighted by Crippen LogP contribution is -2.34. The maximum atomic E-state index is 12.2. The van der Waals surface area contributed by atoms with Crippen molar-refractivity contribution < 1.29 is 18.0 Å². The van der Waals surface area contributed by atoms with Crippen LogP contribution in [-0.4, -0.2) is 18.1 Å². The highest BCUT2D eigenvalue weighted by molar-refractivity contribution is 5.92. The van der Waals surface area contributed by atoms with Gasteiger partial charge in [-0.15, -0.1) is 12.4 Å². The number of hydrogen-bond acceptors (Lipinski definition) is 2. The normalized spacial score (nSPS) is 21.4. The van der Waals surface area contributed by atoms with Crippen molar-refractivity contribution in [2.24, 2.45) is 11.7 Å². The number of benzene rings is 1. The summed E-state index contributed by atoms with van der Waals surface area (Å²) in [7, 11) is 0. The molecule has 2 rings (SSSR count). The summed E-state index contributed by atoms with van der Waals surface area (Å²) in [5.74, 6) is -0.203. The average Bonchev–Trinajstić information content (AvgIpc) is 2.45. The molecule has 3 nitrogen and oxygen atoms in total. The summed E-state index contributed by atoms with van der Waals surface area (Å²) in [6, 6.07) is 6.65. The molecule has 0 heterocycles. The summed E-state index contributed by atoms with van der Waals surface area (Å²) in [4.78, 5) is 12.2. The van der Waals surface area contributed by atoms with Gasteiger partial charge < -0.3 is 11.1 Å². The number of alkyl halides is 3. The van der Waals surface area contributed by atoms with Crippen molar-refractivity contribution in [2.75, 3.05) is 5.32 Å². The van der Waals surface area contributed by atoms with Gasteiger partial charge in [-0.25, -0.2) is 0 Å². The highest BCUT2D eigenvalue weighted by atomic mass is 35.5. The number of halogens is 4. The lowest BCUT2D eigenvalue weighted by atomic mass is 9.85. The Balaban J connectivity index is 0.00000264. The minimum Gasteiger partial charge on any atom is -0.328 e. The van der Waals surface area contributed by atoms with Gasteiger partial charge in [0.2, 0.25) is 5.91 Å². The van der Waals surface area contributed by atoms with E-state index < -0.39 is 12.6 Å². The Morgan fingerprint density at radius 2 is 2.04 bits per heavy atom. The quantitative estimate of drug-likeness (QED) is 0.860. The second-order valence-corrected chi connectivity index (χ2v) is 5.93. The Labute approximate surface area is 140 Å². The predicted molar refractivity (Wildman–Crippen MR) is 86.6 cm³/mol. The number of carbonyl (C=O) groups is 1. The molecule has 1 aromatic rings. The molecule has 2 unspecified atom stereocenters. The van der Waals surface area contributed by atoms with E-state index in [2.05, 4.69) is 5.32 Å². The number of rotatable bonds is 4. The van der Waals surface area contributed by atoms with E-state index in [1.54, 1.807) is 24.3 Å². The number of aryl methyl sites for hydroxylation is 1. The SMILES string of the molecule is Cl.NC1CCCC(C(=O)Nc2cccc(CCC(F)(F)F)c2)C1. The van der Waals surface area contributed by atoms with Gasteiger partial charge in [-0.05, 0) is 43.4 Å². The molecule has 1 saturated carbocycles. The molecule has 23 heavy (non-hydrogen) atoms. The molecular formula is C16H22ClF3N2O. The Morgan fingerprint density at radius 3 is 2.70 bits per heavy atom. The van der Waals surface area contributed by atoms with Crippen molar-refractivity contribution in [2.45, 2.75) is 50.7 Å². The number of carbonyl (C=O) groups excluding carboxylic acids is 1. The highest BCUT2D eigenvalue weighted by Gasteiger charge is 2.27. The van der Waals surface area contributed by atoms with Gasteiger partial charge in [0.05, 0.1) is 0 Å². The van der Waals surface area contributed by atoms with Crippen LogP contribution in [0.4, 0.5) is 18.9 Å². The van der Waals surface area contributed by atoms with Crippen molar-refractivity contribution in [1.82, 2.24) is 0 Å². The second kappa shape index (κ2) is 8.55. The van der Waals surface area contributed by atoms with Gasteiger partial charge in [0, 0.05) is 24.1 Å². The van der Waals surface area contributed by atoms with E-state index in [9.17, 15) is 18.0 Å².